The Kier molecular flexibility index (Phi) is 5.20. The van der Waals surface area contributed by atoms with Crippen LogP contribution in [0.15, 0.2) is 59.0 Å². The molecule has 1 aromatic heterocycles. The molecule has 0 atom stereocenters. The van der Waals surface area contributed by atoms with E-state index in [2.05, 4.69) is 15.5 Å². The Morgan fingerprint density at radius 2 is 2.00 bits per heavy atom. The highest BCUT2D eigenvalue weighted by atomic mass is 32.1. The molecule has 126 valence electrons. The van der Waals surface area contributed by atoms with Crippen LogP contribution < -0.4 is 10.2 Å². The van der Waals surface area contributed by atoms with E-state index in [0.29, 0.717) is 11.3 Å². The van der Waals surface area contributed by atoms with E-state index < -0.39 is 0 Å². The highest BCUT2D eigenvalue weighted by molar-refractivity contribution is 7.13. The molecule has 3 rings (SSSR count). The Morgan fingerprint density at radius 3 is 2.68 bits per heavy atom. The van der Waals surface area contributed by atoms with E-state index in [0.717, 1.165) is 22.0 Å². The lowest BCUT2D eigenvalue weighted by molar-refractivity contribution is 0.0734. The number of carbonyl (C=O) groups excluding carboxylic acids is 1. The number of rotatable bonds is 5. The lowest BCUT2D eigenvalue weighted by Gasteiger charge is -2.05. The molecule has 0 unspecified atom stereocenters. The number of nitrogens with zero attached hydrogens (tertiary/aromatic N) is 2. The van der Waals surface area contributed by atoms with Gasteiger partial charge < -0.3 is 4.74 Å². The summed E-state index contributed by atoms with van der Waals surface area (Å²) in [5.74, 6) is 0.123. The van der Waals surface area contributed by atoms with Gasteiger partial charge in [0.15, 0.2) is 0 Å². The minimum atomic E-state index is -0.370. The van der Waals surface area contributed by atoms with Gasteiger partial charge in [0.25, 0.3) is 0 Å². The quantitative estimate of drug-likeness (QED) is 0.320. The van der Waals surface area contributed by atoms with Gasteiger partial charge in [0.1, 0.15) is 5.75 Å². The van der Waals surface area contributed by atoms with Gasteiger partial charge >= 0.3 is 5.97 Å². The summed E-state index contributed by atoms with van der Waals surface area (Å²) in [6, 6.07) is 14.4. The van der Waals surface area contributed by atoms with E-state index in [4.69, 9.17) is 4.74 Å². The van der Waals surface area contributed by atoms with Crippen LogP contribution in [0.5, 0.6) is 5.75 Å². The van der Waals surface area contributed by atoms with E-state index in [-0.39, 0.29) is 5.97 Å². The van der Waals surface area contributed by atoms with Gasteiger partial charge in [0.2, 0.25) is 5.13 Å². The summed E-state index contributed by atoms with van der Waals surface area (Å²) in [5, 5.41) is 6.84. The average Bonchev–Trinajstić information content (AvgIpc) is 3.02. The second-order valence-corrected chi connectivity index (χ2v) is 6.35. The molecule has 0 bridgehead atoms. The number of esters is 1. The minimum Gasteiger partial charge on any atom is -0.423 e. The van der Waals surface area contributed by atoms with Gasteiger partial charge in [0.05, 0.1) is 17.5 Å². The predicted molar refractivity (Wildman–Crippen MR) is 101 cm³/mol. The lowest BCUT2D eigenvalue weighted by Crippen LogP contribution is -2.08. The number of benzene rings is 2. The van der Waals surface area contributed by atoms with Crippen LogP contribution in [-0.4, -0.2) is 17.2 Å². The van der Waals surface area contributed by atoms with Crippen molar-refractivity contribution in [1.82, 2.24) is 4.98 Å². The van der Waals surface area contributed by atoms with Crippen molar-refractivity contribution in [3.05, 3.63) is 76.3 Å². The maximum absolute atomic E-state index is 12.1. The Bertz CT molecular complexity index is 901. The zero-order chi connectivity index (χ0) is 17.6. The molecule has 0 fully saturated rings. The largest absolute Gasteiger partial charge is 0.423 e. The van der Waals surface area contributed by atoms with Crippen LogP contribution in [0.3, 0.4) is 0 Å². The molecule has 2 aromatic carbocycles. The molecule has 5 nitrogen and oxygen atoms in total. The Hall–Kier alpha value is -2.99. The van der Waals surface area contributed by atoms with E-state index >= 15 is 0 Å². The molecular formula is C19H17N3O2S. The van der Waals surface area contributed by atoms with Crippen molar-refractivity contribution in [3.63, 3.8) is 0 Å². The van der Waals surface area contributed by atoms with Gasteiger partial charge in [-0.15, -0.1) is 11.3 Å². The second-order valence-electron chi connectivity index (χ2n) is 5.49. The van der Waals surface area contributed by atoms with Crippen molar-refractivity contribution >= 4 is 28.7 Å². The lowest BCUT2D eigenvalue weighted by atomic mass is 10.1. The molecular weight excluding hydrogens is 334 g/mol. The van der Waals surface area contributed by atoms with Gasteiger partial charge in [-0.2, -0.15) is 5.10 Å². The summed E-state index contributed by atoms with van der Waals surface area (Å²) in [6.07, 6.45) is 1.68. The van der Waals surface area contributed by atoms with Crippen molar-refractivity contribution in [1.29, 1.82) is 0 Å². The van der Waals surface area contributed by atoms with Crippen molar-refractivity contribution in [3.8, 4) is 5.75 Å². The van der Waals surface area contributed by atoms with Gasteiger partial charge in [-0.1, -0.05) is 17.7 Å². The molecule has 0 aliphatic carbocycles. The normalized spacial score (nSPS) is 10.8. The van der Waals surface area contributed by atoms with Crippen LogP contribution in [0.25, 0.3) is 0 Å². The van der Waals surface area contributed by atoms with Gasteiger partial charge in [-0.3, -0.25) is 5.43 Å². The molecule has 0 aliphatic rings. The molecule has 0 radical (unpaired) electrons. The third kappa shape index (κ3) is 4.74. The van der Waals surface area contributed by atoms with Crippen LogP contribution in [0.1, 0.15) is 27.2 Å². The van der Waals surface area contributed by atoms with Gasteiger partial charge in [-0.05, 0) is 55.8 Å². The second kappa shape index (κ2) is 7.72. The maximum Gasteiger partial charge on any atom is 0.343 e. The Labute approximate surface area is 150 Å². The summed E-state index contributed by atoms with van der Waals surface area (Å²) in [5.41, 5.74) is 6.28. The summed E-state index contributed by atoms with van der Waals surface area (Å²) in [6.45, 7) is 3.87. The summed E-state index contributed by atoms with van der Waals surface area (Å²) in [7, 11) is 0. The molecule has 0 aliphatic heterocycles. The standard InChI is InChI=1S/C19H17N3O2S/c1-13-4-3-5-16(10-13)18(23)24-17-8-6-15(7-9-17)11-20-22-19-21-14(2)12-25-19/h3-12H,1-2H3,(H,21,22). The van der Waals surface area contributed by atoms with E-state index in [1.165, 1.54) is 11.3 Å². The molecule has 0 amide bonds. The third-order valence-corrected chi connectivity index (χ3v) is 4.20. The number of anilines is 1. The number of ether oxygens (including phenoxy) is 1. The summed E-state index contributed by atoms with van der Waals surface area (Å²) in [4.78, 5) is 16.4. The van der Waals surface area contributed by atoms with Crippen molar-refractivity contribution in [2.24, 2.45) is 5.10 Å². The maximum atomic E-state index is 12.1. The first-order chi connectivity index (χ1) is 12.1. The fourth-order valence-corrected chi connectivity index (χ4v) is 2.76. The van der Waals surface area contributed by atoms with E-state index in [1.54, 1.807) is 30.5 Å². The Morgan fingerprint density at radius 1 is 1.20 bits per heavy atom. The van der Waals surface area contributed by atoms with E-state index in [1.807, 2.05) is 43.5 Å². The first kappa shape index (κ1) is 16.9. The highest BCUT2D eigenvalue weighted by Crippen LogP contribution is 2.16. The number of aromatic nitrogens is 1. The number of hydrazone groups is 1. The number of hydrogen-bond acceptors (Lipinski definition) is 6. The number of nitrogens with one attached hydrogen (secondary N) is 1. The first-order valence-corrected chi connectivity index (χ1v) is 8.58. The number of carbonyl (C=O) groups is 1. The van der Waals surface area contributed by atoms with Crippen molar-refractivity contribution in [2.45, 2.75) is 13.8 Å². The Balaban J connectivity index is 1.59. The molecule has 3 aromatic rings. The SMILES string of the molecule is Cc1cccc(C(=O)Oc2ccc(C=NNc3nc(C)cs3)cc2)c1. The molecule has 0 spiro atoms. The number of thiazole rings is 1. The molecule has 1 N–H and O–H groups in total. The van der Waals surface area contributed by atoms with Crippen molar-refractivity contribution < 1.29 is 9.53 Å². The fourth-order valence-electron chi connectivity index (χ4n) is 2.13. The highest BCUT2D eigenvalue weighted by Gasteiger charge is 2.08. The zero-order valence-electron chi connectivity index (χ0n) is 13.9. The zero-order valence-corrected chi connectivity index (χ0v) is 14.7. The van der Waals surface area contributed by atoms with E-state index in [9.17, 15) is 4.79 Å². The smallest absolute Gasteiger partial charge is 0.343 e. The summed E-state index contributed by atoms with van der Waals surface area (Å²) >= 11 is 1.50. The average molecular weight is 351 g/mol. The van der Waals surface area contributed by atoms with Crippen LogP contribution >= 0.6 is 11.3 Å². The van der Waals surface area contributed by atoms with Crippen molar-refractivity contribution in [2.75, 3.05) is 5.43 Å². The molecule has 1 heterocycles. The van der Waals surface area contributed by atoms with Crippen LogP contribution in [0.4, 0.5) is 5.13 Å². The van der Waals surface area contributed by atoms with Crippen LogP contribution in [-0.2, 0) is 0 Å². The monoisotopic (exact) mass is 351 g/mol. The van der Waals surface area contributed by atoms with Gasteiger partial charge in [0, 0.05) is 5.38 Å². The molecule has 0 saturated heterocycles. The number of hydrogen-bond donors (Lipinski definition) is 1. The topological polar surface area (TPSA) is 63.6 Å². The third-order valence-electron chi connectivity index (χ3n) is 3.34. The van der Waals surface area contributed by atoms with Gasteiger partial charge in [-0.25, -0.2) is 9.78 Å². The molecule has 6 heteroatoms. The predicted octanol–water partition coefficient (Wildman–Crippen LogP) is 4.43. The van der Waals surface area contributed by atoms with Crippen LogP contribution in [0, 0.1) is 13.8 Å². The number of aryl methyl sites for hydroxylation is 2. The minimum absolute atomic E-state index is 0.370. The van der Waals surface area contributed by atoms with Crippen LogP contribution in [0.2, 0.25) is 0 Å². The fraction of sp³-hybridized carbons (Fsp3) is 0.105. The summed E-state index contributed by atoms with van der Waals surface area (Å²) < 4.78 is 5.38. The molecule has 0 saturated carbocycles. The molecule has 25 heavy (non-hydrogen) atoms. The first-order valence-electron chi connectivity index (χ1n) is 7.70.